The van der Waals surface area contributed by atoms with Crippen molar-refractivity contribution in [2.24, 2.45) is 0 Å². The molecule has 17 atom stereocenters. The maximum atomic E-state index is 13.2. The fraction of sp³-hybridized carbons (Fsp3) is 0.907. The minimum atomic E-state index is -1.98. The van der Waals surface area contributed by atoms with E-state index in [0.717, 1.165) is 64.2 Å². The molecular formula is C54H99NO18. The molecule has 3 aliphatic heterocycles. The standard InChI is InChI=1S/C54H99NO18/c1-3-5-7-9-11-13-15-17-18-20-21-23-25-27-29-31-38(59)37(55-42(60)32-30-28-26-24-22-19-16-14-12-10-8-6-4-2)36-68-52-48(66)45(63)50(40(34-57)70-52)73-54-49(67)46(64)51(41(35-58)71-54)72-53-47(65)44(62)43(61)39(33-56)69-53/h14,16,29,31,37-41,43-54,56-59,61-67H,3-13,15,17-28,30,32-36H2,1-2H3,(H,55,60)/b16-14-,31-29+. The highest BCUT2D eigenvalue weighted by molar-refractivity contribution is 5.76. The number of hydrogen-bond acceptors (Lipinski definition) is 18. The molecule has 19 heteroatoms. The van der Waals surface area contributed by atoms with E-state index < -0.39 is 124 Å². The summed E-state index contributed by atoms with van der Waals surface area (Å²) in [5, 5.41) is 120. The van der Waals surface area contributed by atoms with Crippen LogP contribution in [-0.4, -0.2) is 193 Å². The van der Waals surface area contributed by atoms with Crippen molar-refractivity contribution in [2.75, 3.05) is 26.4 Å². The number of carbonyl (C=O) groups is 1. The van der Waals surface area contributed by atoms with Crippen molar-refractivity contribution in [3.8, 4) is 0 Å². The van der Waals surface area contributed by atoms with E-state index in [1.54, 1.807) is 6.08 Å². The molecule has 428 valence electrons. The predicted molar refractivity (Wildman–Crippen MR) is 273 cm³/mol. The largest absolute Gasteiger partial charge is 0.394 e. The van der Waals surface area contributed by atoms with Crippen LogP contribution in [0.5, 0.6) is 0 Å². The molecule has 0 aromatic heterocycles. The molecule has 0 aliphatic carbocycles. The average Bonchev–Trinajstić information content (AvgIpc) is 3.39. The molecule has 3 saturated heterocycles. The SMILES string of the molecule is CCCCCC/C=C\CCCCCCCC(=O)NC(COC1OC(CO)C(OC2OC(CO)C(OC3OC(CO)C(O)C(O)C3O)C(O)C2O)C(O)C1O)C(O)/C=C/CCCCCCCCCCCCCCC. The van der Waals surface area contributed by atoms with Crippen LogP contribution in [-0.2, 0) is 33.2 Å². The zero-order chi connectivity index (χ0) is 53.4. The van der Waals surface area contributed by atoms with Gasteiger partial charge in [0.15, 0.2) is 18.9 Å². The van der Waals surface area contributed by atoms with Gasteiger partial charge in [-0.3, -0.25) is 4.79 Å². The molecule has 0 saturated carbocycles. The van der Waals surface area contributed by atoms with Gasteiger partial charge in [-0.05, 0) is 44.9 Å². The molecule has 12 N–H and O–H groups in total. The third kappa shape index (κ3) is 23.8. The maximum absolute atomic E-state index is 13.2. The number of ether oxygens (including phenoxy) is 6. The molecular weight excluding hydrogens is 951 g/mol. The van der Waals surface area contributed by atoms with E-state index in [9.17, 15) is 61.0 Å². The highest BCUT2D eigenvalue weighted by Gasteiger charge is 2.53. The summed E-state index contributed by atoms with van der Waals surface area (Å²) in [5.41, 5.74) is 0. The van der Waals surface area contributed by atoms with Gasteiger partial charge < -0.3 is 89.9 Å². The van der Waals surface area contributed by atoms with E-state index in [1.807, 2.05) is 6.08 Å². The number of carbonyl (C=O) groups excluding carboxylic acids is 1. The number of nitrogens with one attached hydrogen (secondary N) is 1. The Balaban J connectivity index is 1.54. The smallest absolute Gasteiger partial charge is 0.220 e. The summed E-state index contributed by atoms with van der Waals surface area (Å²) in [6.45, 7) is 1.68. The van der Waals surface area contributed by atoms with Crippen LogP contribution in [0.25, 0.3) is 0 Å². The maximum Gasteiger partial charge on any atom is 0.220 e. The van der Waals surface area contributed by atoms with Crippen LogP contribution >= 0.6 is 0 Å². The van der Waals surface area contributed by atoms with Gasteiger partial charge in [0.05, 0.1) is 38.6 Å². The molecule has 73 heavy (non-hydrogen) atoms. The number of aliphatic hydroxyl groups excluding tert-OH is 11. The van der Waals surface area contributed by atoms with Gasteiger partial charge in [-0.1, -0.05) is 154 Å². The van der Waals surface area contributed by atoms with Gasteiger partial charge in [0.1, 0.15) is 73.2 Å². The van der Waals surface area contributed by atoms with Crippen molar-refractivity contribution in [3.63, 3.8) is 0 Å². The molecule has 3 rings (SSSR count). The molecule has 3 fully saturated rings. The van der Waals surface area contributed by atoms with Crippen molar-refractivity contribution in [1.29, 1.82) is 0 Å². The van der Waals surface area contributed by atoms with Crippen LogP contribution in [0.15, 0.2) is 24.3 Å². The summed E-state index contributed by atoms with van der Waals surface area (Å²) in [6.07, 6.45) is 10.2. The Bertz CT molecular complexity index is 1440. The Kier molecular flexibility index (Phi) is 34.8. The van der Waals surface area contributed by atoms with E-state index in [-0.39, 0.29) is 18.9 Å². The lowest BCUT2D eigenvalue weighted by Crippen LogP contribution is -2.66. The lowest BCUT2D eigenvalue weighted by Gasteiger charge is -2.48. The first-order valence-electron chi connectivity index (χ1n) is 28.1. The first-order chi connectivity index (χ1) is 35.3. The Morgan fingerprint density at radius 1 is 0.479 bits per heavy atom. The van der Waals surface area contributed by atoms with E-state index in [0.29, 0.717) is 6.42 Å². The van der Waals surface area contributed by atoms with Crippen LogP contribution in [0, 0.1) is 0 Å². The number of allylic oxidation sites excluding steroid dienone is 3. The molecule has 1 amide bonds. The van der Waals surface area contributed by atoms with Crippen molar-refractivity contribution in [1.82, 2.24) is 5.32 Å². The molecule has 19 nitrogen and oxygen atoms in total. The van der Waals surface area contributed by atoms with Crippen molar-refractivity contribution in [3.05, 3.63) is 24.3 Å². The van der Waals surface area contributed by atoms with Crippen LogP contribution in [0.3, 0.4) is 0 Å². The molecule has 3 aliphatic rings. The average molecular weight is 1050 g/mol. The fourth-order valence-electron chi connectivity index (χ4n) is 9.54. The normalized spacial score (nSPS) is 31.9. The topological polar surface area (TPSA) is 307 Å². The summed E-state index contributed by atoms with van der Waals surface area (Å²) in [5.74, 6) is -0.286. The zero-order valence-electron chi connectivity index (χ0n) is 44.1. The Labute approximate surface area is 435 Å². The number of aliphatic hydroxyl groups is 11. The fourth-order valence-corrected chi connectivity index (χ4v) is 9.54. The molecule has 0 radical (unpaired) electrons. The van der Waals surface area contributed by atoms with E-state index >= 15 is 0 Å². The Morgan fingerprint density at radius 2 is 0.863 bits per heavy atom. The van der Waals surface area contributed by atoms with Crippen molar-refractivity contribution >= 4 is 5.91 Å². The van der Waals surface area contributed by atoms with E-state index in [2.05, 4.69) is 31.3 Å². The molecule has 3 heterocycles. The predicted octanol–water partition coefficient (Wildman–Crippen LogP) is 3.59. The van der Waals surface area contributed by atoms with Gasteiger partial charge >= 0.3 is 0 Å². The van der Waals surface area contributed by atoms with Crippen molar-refractivity contribution in [2.45, 2.75) is 285 Å². The van der Waals surface area contributed by atoms with Crippen LogP contribution < -0.4 is 5.32 Å². The summed E-state index contributed by atoms with van der Waals surface area (Å²) >= 11 is 0. The van der Waals surface area contributed by atoms with E-state index in [1.165, 1.54) is 89.9 Å². The number of unbranched alkanes of at least 4 members (excludes halogenated alkanes) is 22. The molecule has 0 aromatic rings. The molecule has 0 bridgehead atoms. The van der Waals surface area contributed by atoms with Crippen molar-refractivity contribution < 1.29 is 89.4 Å². The second kappa shape index (κ2) is 38.8. The zero-order valence-corrected chi connectivity index (χ0v) is 44.1. The molecule has 0 spiro atoms. The number of hydrogen-bond donors (Lipinski definition) is 12. The lowest BCUT2D eigenvalue weighted by atomic mass is 9.96. The number of amides is 1. The van der Waals surface area contributed by atoms with Gasteiger partial charge in [0, 0.05) is 6.42 Å². The summed E-state index contributed by atoms with van der Waals surface area (Å²) in [7, 11) is 0. The first-order valence-corrected chi connectivity index (χ1v) is 28.1. The van der Waals surface area contributed by atoms with Crippen LogP contribution in [0.4, 0.5) is 0 Å². The molecule has 0 aromatic carbocycles. The van der Waals surface area contributed by atoms with Gasteiger partial charge in [-0.25, -0.2) is 0 Å². The van der Waals surface area contributed by atoms with E-state index in [4.69, 9.17) is 28.4 Å². The van der Waals surface area contributed by atoms with Gasteiger partial charge in [0.2, 0.25) is 5.91 Å². The highest BCUT2D eigenvalue weighted by atomic mass is 16.8. The quantitative estimate of drug-likeness (QED) is 0.0308. The van der Waals surface area contributed by atoms with Gasteiger partial charge in [-0.15, -0.1) is 0 Å². The van der Waals surface area contributed by atoms with Crippen LogP contribution in [0.1, 0.15) is 181 Å². The second-order valence-corrected chi connectivity index (χ2v) is 20.4. The minimum Gasteiger partial charge on any atom is -0.394 e. The van der Waals surface area contributed by atoms with Gasteiger partial charge in [-0.2, -0.15) is 0 Å². The first kappa shape index (κ1) is 65.6. The highest BCUT2D eigenvalue weighted by Crippen LogP contribution is 2.33. The Morgan fingerprint density at radius 3 is 1.34 bits per heavy atom. The minimum absolute atomic E-state index is 0.234. The Hall–Kier alpha value is -1.73. The lowest BCUT2D eigenvalue weighted by molar-refractivity contribution is -0.379. The molecule has 17 unspecified atom stereocenters. The second-order valence-electron chi connectivity index (χ2n) is 20.4. The number of rotatable bonds is 40. The summed E-state index contributed by atoms with van der Waals surface area (Å²) in [4.78, 5) is 13.2. The third-order valence-electron chi connectivity index (χ3n) is 14.2. The summed E-state index contributed by atoms with van der Waals surface area (Å²) < 4.78 is 34.2. The van der Waals surface area contributed by atoms with Crippen LogP contribution in [0.2, 0.25) is 0 Å². The monoisotopic (exact) mass is 1050 g/mol. The third-order valence-corrected chi connectivity index (χ3v) is 14.2. The van der Waals surface area contributed by atoms with Gasteiger partial charge in [0.25, 0.3) is 0 Å². The summed E-state index contributed by atoms with van der Waals surface area (Å²) in [6, 6.07) is -0.973.